The van der Waals surface area contributed by atoms with Gasteiger partial charge in [-0.2, -0.15) is 9.78 Å². The number of nitrogens with zero attached hydrogens (tertiary/aromatic N) is 5. The van der Waals surface area contributed by atoms with Crippen LogP contribution in [0.1, 0.15) is 10.5 Å². The van der Waals surface area contributed by atoms with Crippen molar-refractivity contribution in [1.29, 1.82) is 0 Å². The van der Waals surface area contributed by atoms with Crippen LogP contribution in [0.15, 0.2) is 59.7 Å². The van der Waals surface area contributed by atoms with Crippen molar-refractivity contribution in [3.05, 3.63) is 75.9 Å². The normalized spacial score (nSPS) is 14.1. The minimum Gasteiger partial charge on any atom is -0.368 e. The van der Waals surface area contributed by atoms with Gasteiger partial charge in [0.05, 0.1) is 17.6 Å². The van der Waals surface area contributed by atoms with Gasteiger partial charge in [-0.1, -0.05) is 29.8 Å². The molecule has 0 bridgehead atoms. The maximum Gasteiger partial charge on any atom is 0.292 e. The number of pyridine rings is 1. The summed E-state index contributed by atoms with van der Waals surface area (Å²) in [7, 11) is 0. The van der Waals surface area contributed by atoms with E-state index in [9.17, 15) is 9.59 Å². The van der Waals surface area contributed by atoms with Gasteiger partial charge in [-0.25, -0.2) is 0 Å². The number of hydrogen-bond donors (Lipinski definition) is 1. The van der Waals surface area contributed by atoms with E-state index in [0.717, 1.165) is 5.69 Å². The number of benzene rings is 1. The number of primary amides is 1. The van der Waals surface area contributed by atoms with E-state index in [1.807, 2.05) is 29.2 Å². The van der Waals surface area contributed by atoms with Crippen LogP contribution in [-0.4, -0.2) is 46.9 Å². The van der Waals surface area contributed by atoms with E-state index in [4.69, 9.17) is 17.3 Å². The Morgan fingerprint density at radius 3 is 2.38 bits per heavy atom. The zero-order valence-corrected chi connectivity index (χ0v) is 16.3. The second-order valence-corrected chi connectivity index (χ2v) is 7.01. The molecule has 1 saturated heterocycles. The van der Waals surface area contributed by atoms with Crippen LogP contribution >= 0.6 is 11.6 Å². The Labute approximate surface area is 172 Å². The van der Waals surface area contributed by atoms with Crippen LogP contribution in [0.2, 0.25) is 5.02 Å². The van der Waals surface area contributed by atoms with Gasteiger partial charge in [-0.15, -0.1) is 0 Å². The van der Waals surface area contributed by atoms with E-state index in [1.54, 1.807) is 30.6 Å². The highest BCUT2D eigenvalue weighted by Crippen LogP contribution is 2.25. The second kappa shape index (κ2) is 7.92. The lowest BCUT2D eigenvalue weighted by atomic mass is 10.2. The molecule has 8 nitrogen and oxygen atoms in total. The second-order valence-electron chi connectivity index (χ2n) is 6.63. The summed E-state index contributed by atoms with van der Waals surface area (Å²) in [6, 6.07) is 12.7. The van der Waals surface area contributed by atoms with Gasteiger partial charge >= 0.3 is 0 Å². The van der Waals surface area contributed by atoms with Crippen molar-refractivity contribution in [2.75, 3.05) is 36.0 Å². The Morgan fingerprint density at radius 2 is 1.69 bits per heavy atom. The Morgan fingerprint density at radius 1 is 1.00 bits per heavy atom. The Hall–Kier alpha value is -3.39. The Balaban J connectivity index is 1.52. The predicted molar refractivity (Wildman–Crippen MR) is 112 cm³/mol. The monoisotopic (exact) mass is 410 g/mol. The maximum absolute atomic E-state index is 12.7. The fourth-order valence-electron chi connectivity index (χ4n) is 3.35. The lowest BCUT2D eigenvalue weighted by molar-refractivity contribution is 0.0995. The van der Waals surface area contributed by atoms with Gasteiger partial charge in [0, 0.05) is 38.1 Å². The number of halogens is 1. The van der Waals surface area contributed by atoms with Crippen LogP contribution < -0.4 is 21.1 Å². The fourth-order valence-corrected chi connectivity index (χ4v) is 3.60. The molecule has 4 rings (SSSR count). The van der Waals surface area contributed by atoms with Crippen molar-refractivity contribution < 1.29 is 4.79 Å². The standard InChI is InChI=1S/C20H19ClN6O2/c21-18-17(13-24-27(20(18)29)14-4-2-1-3-5-14)26-10-8-25(9-11-26)15-6-7-23-16(12-15)19(22)28/h1-7,12-13H,8-11H2,(H2,22,28). The molecule has 1 aliphatic rings. The van der Waals surface area contributed by atoms with Gasteiger partial charge in [-0.3, -0.25) is 14.6 Å². The maximum atomic E-state index is 12.7. The molecule has 3 heterocycles. The third kappa shape index (κ3) is 3.79. The molecule has 0 saturated carbocycles. The first-order valence-electron chi connectivity index (χ1n) is 9.13. The molecule has 0 atom stereocenters. The summed E-state index contributed by atoms with van der Waals surface area (Å²) >= 11 is 6.40. The van der Waals surface area contributed by atoms with Crippen LogP contribution in [0.4, 0.5) is 11.4 Å². The number of aromatic nitrogens is 3. The highest BCUT2D eigenvalue weighted by Gasteiger charge is 2.22. The molecule has 1 amide bonds. The van der Waals surface area contributed by atoms with Crippen molar-refractivity contribution in [2.24, 2.45) is 5.73 Å². The zero-order valence-electron chi connectivity index (χ0n) is 15.5. The first kappa shape index (κ1) is 18.9. The average Bonchev–Trinajstić information content (AvgIpc) is 2.76. The number of anilines is 2. The third-order valence-corrected chi connectivity index (χ3v) is 5.24. The molecular formula is C20H19ClN6O2. The summed E-state index contributed by atoms with van der Waals surface area (Å²) < 4.78 is 1.30. The van der Waals surface area contributed by atoms with E-state index < -0.39 is 5.91 Å². The smallest absolute Gasteiger partial charge is 0.292 e. The molecule has 3 aromatic rings. The number of amides is 1. The summed E-state index contributed by atoms with van der Waals surface area (Å²) in [4.78, 5) is 32.2. The lowest BCUT2D eigenvalue weighted by Crippen LogP contribution is -2.47. The van der Waals surface area contributed by atoms with Crippen molar-refractivity contribution in [3.8, 4) is 5.69 Å². The molecule has 0 radical (unpaired) electrons. The van der Waals surface area contributed by atoms with Gasteiger partial charge in [0.1, 0.15) is 10.7 Å². The number of rotatable bonds is 4. The van der Waals surface area contributed by atoms with Gasteiger partial charge in [-0.05, 0) is 24.3 Å². The molecule has 0 aliphatic carbocycles. The molecule has 9 heteroatoms. The molecule has 1 fully saturated rings. The minimum atomic E-state index is -0.553. The van der Waals surface area contributed by atoms with Crippen LogP contribution in [0, 0.1) is 0 Å². The summed E-state index contributed by atoms with van der Waals surface area (Å²) in [5.41, 5.74) is 7.38. The van der Waals surface area contributed by atoms with Crippen molar-refractivity contribution in [3.63, 3.8) is 0 Å². The molecule has 1 aliphatic heterocycles. The topological polar surface area (TPSA) is 97.4 Å². The largest absolute Gasteiger partial charge is 0.368 e. The van der Waals surface area contributed by atoms with Crippen LogP contribution in [0.5, 0.6) is 0 Å². The average molecular weight is 411 g/mol. The van der Waals surface area contributed by atoms with Crippen molar-refractivity contribution in [1.82, 2.24) is 14.8 Å². The molecule has 1 aromatic carbocycles. The third-order valence-electron chi connectivity index (χ3n) is 4.88. The van der Waals surface area contributed by atoms with Crippen LogP contribution in [0.3, 0.4) is 0 Å². The zero-order chi connectivity index (χ0) is 20.4. The Kier molecular flexibility index (Phi) is 5.18. The van der Waals surface area contributed by atoms with E-state index in [0.29, 0.717) is 37.6 Å². The number of piperazine rings is 1. The van der Waals surface area contributed by atoms with Gasteiger partial charge in [0.15, 0.2) is 0 Å². The van der Waals surface area contributed by atoms with E-state index in [-0.39, 0.29) is 16.3 Å². The molecule has 2 N–H and O–H groups in total. The minimum absolute atomic E-state index is 0.150. The van der Waals surface area contributed by atoms with Gasteiger partial charge in [0.25, 0.3) is 11.5 Å². The predicted octanol–water partition coefficient (Wildman–Crippen LogP) is 1.71. The SMILES string of the molecule is NC(=O)c1cc(N2CCN(c3cnn(-c4ccccc4)c(=O)c3Cl)CC2)ccn1. The summed E-state index contributed by atoms with van der Waals surface area (Å²) in [5, 5.41) is 4.45. The van der Waals surface area contributed by atoms with Gasteiger partial charge in [0.2, 0.25) is 0 Å². The quantitative estimate of drug-likeness (QED) is 0.703. The number of nitrogens with two attached hydrogens (primary N) is 1. The summed E-state index contributed by atoms with van der Waals surface area (Å²) in [6.45, 7) is 2.70. The number of carbonyl (C=O) groups is 1. The summed E-state index contributed by atoms with van der Waals surface area (Å²) in [5.74, 6) is -0.553. The molecule has 148 valence electrons. The highest BCUT2D eigenvalue weighted by molar-refractivity contribution is 6.33. The van der Waals surface area contributed by atoms with Gasteiger partial charge < -0.3 is 15.5 Å². The fraction of sp³-hybridized carbons (Fsp3) is 0.200. The molecule has 29 heavy (non-hydrogen) atoms. The number of carbonyl (C=O) groups excluding carboxylic acids is 1. The molecule has 0 unspecified atom stereocenters. The Bertz CT molecular complexity index is 1090. The van der Waals surface area contributed by atoms with E-state index in [1.165, 1.54) is 4.68 Å². The lowest BCUT2D eigenvalue weighted by Gasteiger charge is -2.37. The number of hydrogen-bond acceptors (Lipinski definition) is 6. The summed E-state index contributed by atoms with van der Waals surface area (Å²) in [6.07, 6.45) is 3.20. The number of para-hydroxylation sites is 1. The molecule has 2 aromatic heterocycles. The first-order chi connectivity index (χ1) is 14.0. The van der Waals surface area contributed by atoms with Crippen molar-refractivity contribution >= 4 is 28.9 Å². The van der Waals surface area contributed by atoms with E-state index >= 15 is 0 Å². The van der Waals surface area contributed by atoms with E-state index in [2.05, 4.69) is 15.0 Å². The van der Waals surface area contributed by atoms with Crippen LogP contribution in [-0.2, 0) is 0 Å². The first-order valence-corrected chi connectivity index (χ1v) is 9.51. The highest BCUT2D eigenvalue weighted by atomic mass is 35.5. The van der Waals surface area contributed by atoms with Crippen molar-refractivity contribution in [2.45, 2.75) is 0 Å². The molecular weight excluding hydrogens is 392 g/mol. The van der Waals surface area contributed by atoms with Crippen LogP contribution in [0.25, 0.3) is 5.69 Å². The molecule has 0 spiro atoms.